The van der Waals surface area contributed by atoms with Gasteiger partial charge in [-0.25, -0.2) is 0 Å². The van der Waals surface area contributed by atoms with Crippen LogP contribution in [0.2, 0.25) is 0 Å². The van der Waals surface area contributed by atoms with Crippen LogP contribution in [0.4, 0.5) is 0 Å². The summed E-state index contributed by atoms with van der Waals surface area (Å²) in [5.41, 5.74) is 9.85. The topological polar surface area (TPSA) is 82.9 Å². The van der Waals surface area contributed by atoms with Gasteiger partial charge in [0.25, 0.3) is 0 Å². The number of ketones is 2. The molecule has 0 radical (unpaired) electrons. The minimum absolute atomic E-state index is 0.129. The molecule has 0 bridgehead atoms. The maximum atomic E-state index is 12.5. The normalized spacial score (nSPS) is 44.0. The van der Waals surface area contributed by atoms with Crippen molar-refractivity contribution in [2.45, 2.75) is 58.3 Å². The highest BCUT2D eigenvalue weighted by Gasteiger charge is 2.59. The third-order valence-electron chi connectivity index (χ3n) is 7.81. The second-order valence-electron chi connectivity index (χ2n) is 8.51. The summed E-state index contributed by atoms with van der Waals surface area (Å²) in [6, 6.07) is 0. The summed E-state index contributed by atoms with van der Waals surface area (Å²) in [7, 11) is 0. The predicted octanol–water partition coefficient (Wildman–Crippen LogP) is 4.38. The van der Waals surface area contributed by atoms with Crippen molar-refractivity contribution in [3.8, 4) is 0 Å². The summed E-state index contributed by atoms with van der Waals surface area (Å²) in [5.74, 6) is 2.15. The van der Waals surface area contributed by atoms with Crippen molar-refractivity contribution in [1.29, 1.82) is 0 Å². The van der Waals surface area contributed by atoms with Crippen LogP contribution < -0.4 is 0 Å². The molecule has 0 aromatic carbocycles. The van der Waals surface area contributed by atoms with Crippen LogP contribution >= 0.6 is 0 Å². The molecule has 5 atom stereocenters. The van der Waals surface area contributed by atoms with Crippen LogP contribution in [0.5, 0.6) is 0 Å². The Kier molecular flexibility index (Phi) is 3.61. The molecule has 24 heavy (non-hydrogen) atoms. The van der Waals surface area contributed by atoms with Gasteiger partial charge < -0.3 is 0 Å². The van der Waals surface area contributed by atoms with Crippen molar-refractivity contribution in [1.82, 2.24) is 0 Å². The lowest BCUT2D eigenvalue weighted by Crippen LogP contribution is -2.52. The Labute approximate surface area is 142 Å². The molecule has 0 aliphatic heterocycles. The number of azide groups is 1. The summed E-state index contributed by atoms with van der Waals surface area (Å²) in [6.45, 7) is 2.65. The van der Waals surface area contributed by atoms with Crippen LogP contribution in [0, 0.1) is 28.6 Å². The van der Waals surface area contributed by atoms with Gasteiger partial charge in [0.2, 0.25) is 0 Å². The highest BCUT2D eigenvalue weighted by atomic mass is 16.1. The lowest BCUT2D eigenvalue weighted by atomic mass is 9.47. The van der Waals surface area contributed by atoms with Gasteiger partial charge in [0, 0.05) is 35.1 Å². The largest absolute Gasteiger partial charge is 0.299 e. The Morgan fingerprint density at radius 2 is 2.00 bits per heavy atom. The van der Waals surface area contributed by atoms with Crippen LogP contribution in [0.1, 0.15) is 58.3 Å². The van der Waals surface area contributed by atoms with Crippen LogP contribution in [0.3, 0.4) is 0 Å². The first-order valence-corrected chi connectivity index (χ1v) is 9.29. The fourth-order valence-electron chi connectivity index (χ4n) is 6.59. The monoisotopic (exact) mass is 327 g/mol. The summed E-state index contributed by atoms with van der Waals surface area (Å²) in [6.07, 6.45) is 8.96. The van der Waals surface area contributed by atoms with Gasteiger partial charge in [-0.05, 0) is 67.9 Å². The molecule has 5 heteroatoms. The minimum Gasteiger partial charge on any atom is -0.299 e. The first-order valence-electron chi connectivity index (χ1n) is 9.29. The number of rotatable bonds is 2. The number of carbonyl (C=O) groups excluding carboxylic acids is 2. The average Bonchev–Trinajstić information content (AvgIpc) is 2.88. The van der Waals surface area contributed by atoms with Crippen molar-refractivity contribution < 1.29 is 9.59 Å². The third kappa shape index (κ3) is 2.03. The van der Waals surface area contributed by atoms with Gasteiger partial charge in [-0.1, -0.05) is 17.6 Å². The van der Waals surface area contributed by atoms with Crippen molar-refractivity contribution >= 4 is 11.6 Å². The van der Waals surface area contributed by atoms with Crippen LogP contribution in [0.15, 0.2) is 16.8 Å². The molecule has 0 spiro atoms. The number of carbonyl (C=O) groups is 2. The van der Waals surface area contributed by atoms with Crippen molar-refractivity contribution in [3.05, 3.63) is 22.1 Å². The molecule has 4 aliphatic carbocycles. The second kappa shape index (κ2) is 5.45. The SMILES string of the molecule is CC12CCC3C(CCC4=CC(=O)CCC43CN=[N+]=[N-])C1CCC2=O. The zero-order valence-electron chi connectivity index (χ0n) is 14.3. The van der Waals surface area contributed by atoms with Crippen molar-refractivity contribution in [3.63, 3.8) is 0 Å². The average molecular weight is 327 g/mol. The number of hydrogen-bond acceptors (Lipinski definition) is 3. The number of hydrogen-bond donors (Lipinski definition) is 0. The van der Waals surface area contributed by atoms with Crippen LogP contribution in [0.25, 0.3) is 10.4 Å². The fraction of sp³-hybridized carbons (Fsp3) is 0.789. The van der Waals surface area contributed by atoms with Gasteiger partial charge in [-0.2, -0.15) is 0 Å². The minimum atomic E-state index is -0.132. The van der Waals surface area contributed by atoms with Crippen LogP contribution in [-0.4, -0.2) is 18.1 Å². The Hall–Kier alpha value is -1.61. The van der Waals surface area contributed by atoms with E-state index in [4.69, 9.17) is 5.53 Å². The summed E-state index contributed by atoms with van der Waals surface area (Å²) in [4.78, 5) is 27.4. The molecule has 4 rings (SSSR count). The van der Waals surface area contributed by atoms with Gasteiger partial charge in [-0.3, -0.25) is 9.59 Å². The Morgan fingerprint density at radius 1 is 1.17 bits per heavy atom. The highest BCUT2D eigenvalue weighted by molar-refractivity contribution is 5.91. The van der Waals surface area contributed by atoms with E-state index in [9.17, 15) is 9.59 Å². The molecule has 4 aliphatic rings. The van der Waals surface area contributed by atoms with Crippen molar-refractivity contribution in [2.75, 3.05) is 6.54 Å². The smallest absolute Gasteiger partial charge is 0.155 e. The molecule has 128 valence electrons. The molecular formula is C19H25N3O2. The van der Waals surface area contributed by atoms with E-state index in [1.807, 2.05) is 6.08 Å². The maximum Gasteiger partial charge on any atom is 0.155 e. The molecule has 0 N–H and O–H groups in total. The molecule has 0 saturated heterocycles. The molecule has 0 heterocycles. The van der Waals surface area contributed by atoms with Crippen LogP contribution in [-0.2, 0) is 9.59 Å². The van der Waals surface area contributed by atoms with E-state index in [0.29, 0.717) is 36.5 Å². The second-order valence-corrected chi connectivity index (χ2v) is 8.51. The van der Waals surface area contributed by atoms with E-state index in [1.54, 1.807) is 0 Å². The summed E-state index contributed by atoms with van der Waals surface area (Å²) < 4.78 is 0. The first kappa shape index (κ1) is 15.9. The molecule has 3 fully saturated rings. The Morgan fingerprint density at radius 3 is 2.79 bits per heavy atom. The van der Waals surface area contributed by atoms with E-state index < -0.39 is 0 Å². The fourth-order valence-corrected chi connectivity index (χ4v) is 6.59. The van der Waals surface area contributed by atoms with Gasteiger partial charge >= 0.3 is 0 Å². The molecule has 5 nitrogen and oxygen atoms in total. The van der Waals surface area contributed by atoms with Gasteiger partial charge in [0.15, 0.2) is 5.78 Å². The number of fused-ring (bicyclic) bond motifs is 5. The maximum absolute atomic E-state index is 12.5. The molecule has 0 aromatic rings. The van der Waals surface area contributed by atoms with E-state index >= 15 is 0 Å². The molecule has 3 saturated carbocycles. The first-order chi connectivity index (χ1) is 11.5. The summed E-state index contributed by atoms with van der Waals surface area (Å²) >= 11 is 0. The number of Topliss-reactive ketones (excluding diaryl/α,β-unsaturated/α-hetero) is 1. The molecule has 0 amide bonds. The standard InChI is InChI=1S/C19H25N3O2/c1-18-8-7-16-14(15(18)4-5-17(18)24)3-2-12-10-13(23)6-9-19(12,16)11-21-22-20/h10,14-16H,2-9,11H2,1H3. The van der Waals surface area contributed by atoms with E-state index in [2.05, 4.69) is 16.9 Å². The zero-order chi connectivity index (χ0) is 16.9. The molecular weight excluding hydrogens is 302 g/mol. The summed E-state index contributed by atoms with van der Waals surface area (Å²) in [5, 5.41) is 3.97. The Bertz CT molecular complexity index is 678. The van der Waals surface area contributed by atoms with E-state index in [-0.39, 0.29) is 16.6 Å². The molecule has 0 aromatic heterocycles. The quantitative estimate of drug-likeness (QED) is 0.428. The van der Waals surface area contributed by atoms with E-state index in [1.165, 1.54) is 5.57 Å². The van der Waals surface area contributed by atoms with Gasteiger partial charge in [0.05, 0.1) is 0 Å². The van der Waals surface area contributed by atoms with Gasteiger partial charge in [-0.15, -0.1) is 0 Å². The molecule has 5 unspecified atom stereocenters. The van der Waals surface area contributed by atoms with Crippen molar-refractivity contribution in [2.24, 2.45) is 33.7 Å². The van der Waals surface area contributed by atoms with Gasteiger partial charge in [0.1, 0.15) is 5.78 Å². The highest BCUT2D eigenvalue weighted by Crippen LogP contribution is 2.64. The zero-order valence-corrected chi connectivity index (χ0v) is 14.3. The number of nitrogens with zero attached hydrogens (tertiary/aromatic N) is 3. The lowest BCUT2D eigenvalue weighted by molar-refractivity contribution is -0.132. The van der Waals surface area contributed by atoms with E-state index in [0.717, 1.165) is 44.9 Å². The third-order valence-corrected chi connectivity index (χ3v) is 7.81. The lowest BCUT2D eigenvalue weighted by Gasteiger charge is -2.57. The Balaban J connectivity index is 1.74. The predicted molar refractivity (Wildman–Crippen MR) is 90.1 cm³/mol.